The normalized spacial score (nSPS) is 29.1. The molecule has 6 N–H and O–H groups in total. The smallest absolute Gasteiger partial charge is 0.229 e. The van der Waals surface area contributed by atoms with E-state index in [0.717, 1.165) is 11.1 Å². The second kappa shape index (κ2) is 11.7. The SMILES string of the molecule is COc1cc([C@H]2Oc3c(OC)cc(C=CCO)cc3[C@H]2CO)ccc1O[C@@H]1O[C@H](CO)[C@@H](O)[C@H](O)[C@H]1O. The van der Waals surface area contributed by atoms with Crippen LogP contribution in [0.2, 0.25) is 0 Å². The Bertz CT molecular complexity index is 1100. The van der Waals surface area contributed by atoms with E-state index in [9.17, 15) is 25.5 Å². The van der Waals surface area contributed by atoms with Crippen molar-refractivity contribution in [1.29, 1.82) is 0 Å². The maximum atomic E-state index is 10.3. The van der Waals surface area contributed by atoms with Gasteiger partial charge in [0, 0.05) is 5.56 Å². The van der Waals surface area contributed by atoms with E-state index in [-0.39, 0.29) is 24.7 Å². The third kappa shape index (κ3) is 5.25. The number of methoxy groups -OCH3 is 2. The van der Waals surface area contributed by atoms with E-state index in [1.807, 2.05) is 6.07 Å². The predicted molar refractivity (Wildman–Crippen MR) is 130 cm³/mol. The van der Waals surface area contributed by atoms with Crippen LogP contribution in [-0.2, 0) is 4.74 Å². The first-order valence-corrected chi connectivity index (χ1v) is 11.8. The minimum absolute atomic E-state index is 0.112. The molecule has 0 amide bonds. The molecule has 0 saturated carbocycles. The number of benzene rings is 2. The Morgan fingerprint density at radius 1 is 0.865 bits per heavy atom. The van der Waals surface area contributed by atoms with E-state index in [1.54, 1.807) is 36.4 Å². The van der Waals surface area contributed by atoms with Crippen LogP contribution < -0.4 is 18.9 Å². The highest BCUT2D eigenvalue weighted by molar-refractivity contribution is 5.62. The fourth-order valence-corrected chi connectivity index (χ4v) is 4.60. The molecule has 11 heteroatoms. The number of hydrogen-bond acceptors (Lipinski definition) is 11. The minimum Gasteiger partial charge on any atom is -0.493 e. The van der Waals surface area contributed by atoms with Gasteiger partial charge in [-0.2, -0.15) is 0 Å². The minimum atomic E-state index is -1.58. The first-order valence-electron chi connectivity index (χ1n) is 11.8. The third-order valence-corrected chi connectivity index (χ3v) is 6.56. The number of ether oxygens (including phenoxy) is 5. The van der Waals surface area contributed by atoms with Crippen molar-refractivity contribution in [3.63, 3.8) is 0 Å². The highest BCUT2D eigenvalue weighted by atomic mass is 16.7. The highest BCUT2D eigenvalue weighted by Gasteiger charge is 2.45. The van der Waals surface area contributed by atoms with Crippen molar-refractivity contribution >= 4 is 6.08 Å². The quantitative estimate of drug-likeness (QED) is 0.265. The van der Waals surface area contributed by atoms with Gasteiger partial charge in [-0.1, -0.05) is 18.2 Å². The maximum Gasteiger partial charge on any atom is 0.229 e. The van der Waals surface area contributed by atoms with Gasteiger partial charge in [0.2, 0.25) is 6.29 Å². The van der Waals surface area contributed by atoms with Gasteiger partial charge in [-0.15, -0.1) is 0 Å². The molecule has 2 aliphatic heterocycles. The molecule has 0 unspecified atom stereocenters. The van der Waals surface area contributed by atoms with Crippen molar-refractivity contribution in [3.8, 4) is 23.0 Å². The van der Waals surface area contributed by atoms with Crippen LogP contribution in [0.25, 0.3) is 6.08 Å². The number of aliphatic hydroxyl groups is 6. The number of aliphatic hydroxyl groups excluding tert-OH is 6. The Morgan fingerprint density at radius 2 is 1.62 bits per heavy atom. The standard InChI is InChI=1S/C26H32O11/c1-33-18-10-14(5-6-17(18)35-26-23(32)22(31)21(30)20(12-29)36-26)24-16(11-28)15-8-13(4-3-7-27)9-19(34-2)25(15)37-24/h3-6,8-10,16,20-24,26-32H,7,11-12H2,1-2H3/t16-,20-,21-,22+,23-,24-,26-/m1/s1. The van der Waals surface area contributed by atoms with Crippen LogP contribution in [0, 0.1) is 0 Å². The number of fused-ring (bicyclic) bond motifs is 1. The summed E-state index contributed by atoms with van der Waals surface area (Å²) >= 11 is 0. The van der Waals surface area contributed by atoms with E-state index in [2.05, 4.69) is 0 Å². The van der Waals surface area contributed by atoms with Gasteiger partial charge in [0.1, 0.15) is 30.5 Å². The van der Waals surface area contributed by atoms with Gasteiger partial charge < -0.3 is 54.3 Å². The molecule has 0 aliphatic carbocycles. The van der Waals surface area contributed by atoms with Gasteiger partial charge >= 0.3 is 0 Å². The second-order valence-electron chi connectivity index (χ2n) is 8.78. The fourth-order valence-electron chi connectivity index (χ4n) is 4.60. The van der Waals surface area contributed by atoms with Crippen LogP contribution in [0.15, 0.2) is 36.4 Å². The lowest BCUT2D eigenvalue weighted by Crippen LogP contribution is -2.60. The molecule has 1 fully saturated rings. The molecule has 202 valence electrons. The van der Waals surface area contributed by atoms with Crippen molar-refractivity contribution in [2.45, 2.75) is 42.7 Å². The first-order chi connectivity index (χ1) is 17.9. The summed E-state index contributed by atoms with van der Waals surface area (Å²) in [6, 6.07) is 8.60. The van der Waals surface area contributed by atoms with E-state index in [0.29, 0.717) is 17.1 Å². The maximum absolute atomic E-state index is 10.3. The molecule has 1 saturated heterocycles. The highest BCUT2D eigenvalue weighted by Crippen LogP contribution is 2.51. The monoisotopic (exact) mass is 520 g/mol. The molecular formula is C26H32O11. The lowest BCUT2D eigenvalue weighted by Gasteiger charge is -2.39. The molecule has 4 rings (SSSR count). The summed E-state index contributed by atoms with van der Waals surface area (Å²) in [6.07, 6.45) is -4.38. The third-order valence-electron chi connectivity index (χ3n) is 6.56. The van der Waals surface area contributed by atoms with Crippen molar-refractivity contribution in [2.24, 2.45) is 0 Å². The van der Waals surface area contributed by atoms with Crippen LogP contribution in [0.3, 0.4) is 0 Å². The van der Waals surface area contributed by atoms with E-state index < -0.39 is 49.3 Å². The zero-order chi connectivity index (χ0) is 26.7. The average molecular weight is 521 g/mol. The zero-order valence-electron chi connectivity index (χ0n) is 20.4. The fraction of sp³-hybridized carbons (Fsp3) is 0.462. The van der Waals surface area contributed by atoms with E-state index in [1.165, 1.54) is 14.2 Å². The lowest BCUT2D eigenvalue weighted by atomic mass is 9.90. The van der Waals surface area contributed by atoms with Crippen molar-refractivity contribution in [1.82, 2.24) is 0 Å². The topological polar surface area (TPSA) is 168 Å². The summed E-state index contributed by atoms with van der Waals surface area (Å²) in [5, 5.41) is 59.1. The summed E-state index contributed by atoms with van der Waals surface area (Å²) in [5.41, 5.74) is 2.21. The lowest BCUT2D eigenvalue weighted by molar-refractivity contribution is -0.277. The van der Waals surface area contributed by atoms with Crippen LogP contribution in [0.1, 0.15) is 28.7 Å². The molecule has 0 radical (unpaired) electrons. The molecule has 7 atom stereocenters. The number of rotatable bonds is 9. The Hall–Kier alpha value is -2.90. The van der Waals surface area contributed by atoms with Crippen molar-refractivity contribution < 1.29 is 54.3 Å². The van der Waals surface area contributed by atoms with Crippen molar-refractivity contribution in [3.05, 3.63) is 53.1 Å². The predicted octanol–water partition coefficient (Wildman–Crippen LogP) is 0.0976. The molecule has 11 nitrogen and oxygen atoms in total. The van der Waals surface area contributed by atoms with E-state index >= 15 is 0 Å². The first kappa shape index (κ1) is 27.1. The molecule has 0 spiro atoms. The van der Waals surface area contributed by atoms with Crippen LogP contribution >= 0.6 is 0 Å². The molecule has 2 aromatic rings. The molecule has 0 bridgehead atoms. The van der Waals surface area contributed by atoms with Crippen LogP contribution in [-0.4, -0.2) is 95.4 Å². The summed E-state index contributed by atoms with van der Waals surface area (Å²) in [7, 11) is 2.95. The molecule has 0 aromatic heterocycles. The Balaban J connectivity index is 1.61. The van der Waals surface area contributed by atoms with Gasteiger partial charge in [-0.05, 0) is 35.4 Å². The number of hydrogen-bond donors (Lipinski definition) is 6. The van der Waals surface area contributed by atoms with Crippen LogP contribution in [0.4, 0.5) is 0 Å². The Kier molecular flexibility index (Phi) is 8.55. The van der Waals surface area contributed by atoms with Crippen molar-refractivity contribution in [2.75, 3.05) is 34.0 Å². The summed E-state index contributed by atoms with van der Waals surface area (Å²) in [6.45, 7) is -0.900. The molecule has 37 heavy (non-hydrogen) atoms. The van der Waals surface area contributed by atoms with Gasteiger partial charge in [0.05, 0.1) is 40.0 Å². The second-order valence-corrected chi connectivity index (χ2v) is 8.78. The molecule has 2 heterocycles. The van der Waals surface area contributed by atoms with Gasteiger partial charge in [-0.25, -0.2) is 0 Å². The summed E-state index contributed by atoms with van der Waals surface area (Å²) in [5.74, 6) is 1.03. The largest absolute Gasteiger partial charge is 0.493 e. The molecule has 2 aromatic carbocycles. The zero-order valence-corrected chi connectivity index (χ0v) is 20.4. The summed E-state index contributed by atoms with van der Waals surface area (Å²) in [4.78, 5) is 0. The summed E-state index contributed by atoms with van der Waals surface area (Å²) < 4.78 is 28.4. The van der Waals surface area contributed by atoms with Gasteiger partial charge in [-0.3, -0.25) is 0 Å². The average Bonchev–Trinajstić information content (AvgIpc) is 3.30. The molecule has 2 aliphatic rings. The van der Waals surface area contributed by atoms with E-state index in [4.69, 9.17) is 28.8 Å². The van der Waals surface area contributed by atoms with Crippen LogP contribution in [0.5, 0.6) is 23.0 Å². The van der Waals surface area contributed by atoms with Gasteiger partial charge in [0.25, 0.3) is 0 Å². The Labute approximate surface area is 213 Å². The Morgan fingerprint density at radius 3 is 2.27 bits per heavy atom. The molecular weight excluding hydrogens is 488 g/mol. The van der Waals surface area contributed by atoms with Gasteiger partial charge in [0.15, 0.2) is 23.0 Å².